The number of hydrogen-bond acceptors (Lipinski definition) is 4. The number of nitrogens with zero attached hydrogens (tertiary/aromatic N) is 2. The van der Waals surface area contributed by atoms with Crippen LogP contribution in [-0.4, -0.2) is 15.7 Å². The van der Waals surface area contributed by atoms with Crippen molar-refractivity contribution < 1.29 is 13.9 Å². The molecule has 1 aromatic carbocycles. The van der Waals surface area contributed by atoms with Crippen LogP contribution < -0.4 is 10.1 Å². The molecule has 136 valence electrons. The molecule has 3 aromatic rings. The highest BCUT2D eigenvalue weighted by Crippen LogP contribution is 2.28. The number of amides is 1. The lowest BCUT2D eigenvalue weighted by Crippen LogP contribution is -2.22. The lowest BCUT2D eigenvalue weighted by Gasteiger charge is -2.09. The number of hydrogen-bond donors (Lipinski definition) is 1. The van der Waals surface area contributed by atoms with E-state index in [4.69, 9.17) is 20.8 Å². The van der Waals surface area contributed by atoms with Gasteiger partial charge in [0.1, 0.15) is 18.1 Å². The first-order valence-corrected chi connectivity index (χ1v) is 8.56. The van der Waals surface area contributed by atoms with E-state index in [0.29, 0.717) is 23.1 Å². The van der Waals surface area contributed by atoms with Crippen LogP contribution in [0.5, 0.6) is 5.75 Å². The number of para-hydroxylation sites is 1. The van der Waals surface area contributed by atoms with Crippen LogP contribution >= 0.6 is 11.6 Å². The molecular formula is C19H20ClN3O3. The average molecular weight is 374 g/mol. The van der Waals surface area contributed by atoms with E-state index >= 15 is 0 Å². The van der Waals surface area contributed by atoms with Gasteiger partial charge in [0.2, 0.25) is 0 Å². The van der Waals surface area contributed by atoms with E-state index in [1.165, 1.54) is 0 Å². The Morgan fingerprint density at radius 2 is 2.12 bits per heavy atom. The highest BCUT2D eigenvalue weighted by Gasteiger charge is 2.13. The van der Waals surface area contributed by atoms with E-state index in [1.807, 2.05) is 39.1 Å². The molecule has 2 heterocycles. The van der Waals surface area contributed by atoms with Crippen molar-refractivity contribution in [2.45, 2.75) is 27.0 Å². The van der Waals surface area contributed by atoms with Crippen LogP contribution in [0.25, 0.3) is 0 Å². The zero-order valence-electron chi connectivity index (χ0n) is 14.9. The fourth-order valence-corrected chi connectivity index (χ4v) is 2.78. The molecule has 0 radical (unpaired) electrons. The standard InChI is InChI=1S/C19H20ClN3O3/c1-12-5-4-6-16(20)18(12)25-11-15-7-8-17(26-15)19(24)21-10-14-9-13(2)23(3)22-14/h4-9H,10-11H2,1-3H3,(H,21,24). The lowest BCUT2D eigenvalue weighted by atomic mass is 10.2. The summed E-state index contributed by atoms with van der Waals surface area (Å²) in [6, 6.07) is 10.8. The van der Waals surface area contributed by atoms with Gasteiger partial charge in [0, 0.05) is 12.7 Å². The average Bonchev–Trinajstić information content (AvgIpc) is 3.19. The number of carbonyl (C=O) groups excluding carboxylic acids is 1. The lowest BCUT2D eigenvalue weighted by molar-refractivity contribution is 0.0918. The number of aryl methyl sites for hydroxylation is 3. The van der Waals surface area contributed by atoms with E-state index in [-0.39, 0.29) is 18.3 Å². The number of nitrogens with one attached hydrogen (secondary N) is 1. The second kappa shape index (κ2) is 7.66. The molecule has 1 N–H and O–H groups in total. The summed E-state index contributed by atoms with van der Waals surface area (Å²) in [5.74, 6) is 1.09. The Hall–Kier alpha value is -2.73. The van der Waals surface area contributed by atoms with E-state index in [1.54, 1.807) is 22.9 Å². The Bertz CT molecular complexity index is 890. The molecule has 0 aliphatic rings. The monoisotopic (exact) mass is 373 g/mol. The molecular weight excluding hydrogens is 354 g/mol. The molecule has 0 unspecified atom stereocenters. The van der Waals surface area contributed by atoms with Gasteiger partial charge in [0.05, 0.1) is 17.3 Å². The number of carbonyl (C=O) groups is 1. The Morgan fingerprint density at radius 3 is 2.81 bits per heavy atom. The minimum Gasteiger partial charge on any atom is -0.484 e. The Balaban J connectivity index is 1.57. The molecule has 0 aliphatic heterocycles. The van der Waals surface area contributed by atoms with Gasteiger partial charge in [-0.15, -0.1) is 0 Å². The summed E-state index contributed by atoms with van der Waals surface area (Å²) in [5.41, 5.74) is 2.76. The van der Waals surface area contributed by atoms with Crippen molar-refractivity contribution in [3.63, 3.8) is 0 Å². The fourth-order valence-electron chi connectivity index (χ4n) is 2.50. The van der Waals surface area contributed by atoms with Gasteiger partial charge in [0.25, 0.3) is 5.91 Å². The van der Waals surface area contributed by atoms with E-state index in [9.17, 15) is 4.79 Å². The summed E-state index contributed by atoms with van der Waals surface area (Å²) in [4.78, 5) is 12.2. The van der Waals surface area contributed by atoms with Crippen LogP contribution in [0.15, 0.2) is 40.8 Å². The van der Waals surface area contributed by atoms with Gasteiger partial charge in [-0.2, -0.15) is 5.10 Å². The maximum Gasteiger partial charge on any atom is 0.287 e. The number of ether oxygens (including phenoxy) is 1. The van der Waals surface area contributed by atoms with Crippen molar-refractivity contribution in [1.29, 1.82) is 0 Å². The van der Waals surface area contributed by atoms with Crippen LogP contribution in [-0.2, 0) is 20.2 Å². The number of halogens is 1. The van der Waals surface area contributed by atoms with Crippen molar-refractivity contribution in [2.75, 3.05) is 0 Å². The van der Waals surface area contributed by atoms with Crippen LogP contribution in [0.1, 0.15) is 33.3 Å². The second-order valence-electron chi connectivity index (χ2n) is 6.02. The molecule has 1 amide bonds. The van der Waals surface area contributed by atoms with Crippen LogP contribution in [0.4, 0.5) is 0 Å². The molecule has 0 fully saturated rings. The van der Waals surface area contributed by atoms with Crippen molar-refractivity contribution in [3.05, 3.63) is 69.9 Å². The zero-order valence-corrected chi connectivity index (χ0v) is 15.6. The van der Waals surface area contributed by atoms with Gasteiger partial charge in [0.15, 0.2) is 5.76 Å². The summed E-state index contributed by atoms with van der Waals surface area (Å²) in [7, 11) is 1.86. The molecule has 3 rings (SSSR count). The van der Waals surface area contributed by atoms with Gasteiger partial charge < -0.3 is 14.5 Å². The largest absolute Gasteiger partial charge is 0.484 e. The highest BCUT2D eigenvalue weighted by molar-refractivity contribution is 6.32. The van der Waals surface area contributed by atoms with Crippen molar-refractivity contribution in [3.8, 4) is 5.75 Å². The predicted molar refractivity (Wildman–Crippen MR) is 98.3 cm³/mol. The molecule has 0 spiro atoms. The molecule has 7 heteroatoms. The molecule has 0 atom stereocenters. The third-order valence-corrected chi connectivity index (χ3v) is 4.30. The van der Waals surface area contributed by atoms with E-state index in [0.717, 1.165) is 17.0 Å². The van der Waals surface area contributed by atoms with Crippen LogP contribution in [0, 0.1) is 13.8 Å². The molecule has 26 heavy (non-hydrogen) atoms. The molecule has 0 aliphatic carbocycles. The normalized spacial score (nSPS) is 10.8. The fraction of sp³-hybridized carbons (Fsp3) is 0.263. The SMILES string of the molecule is Cc1cccc(Cl)c1OCc1ccc(C(=O)NCc2cc(C)n(C)n2)o1. The molecule has 2 aromatic heterocycles. The molecule has 0 bridgehead atoms. The smallest absolute Gasteiger partial charge is 0.287 e. The Morgan fingerprint density at radius 1 is 1.31 bits per heavy atom. The number of aromatic nitrogens is 2. The van der Waals surface area contributed by atoms with Crippen LogP contribution in [0.2, 0.25) is 5.02 Å². The highest BCUT2D eigenvalue weighted by atomic mass is 35.5. The van der Waals surface area contributed by atoms with Gasteiger partial charge in [-0.3, -0.25) is 9.48 Å². The van der Waals surface area contributed by atoms with Crippen molar-refractivity contribution >= 4 is 17.5 Å². The summed E-state index contributed by atoms with van der Waals surface area (Å²) in [6.45, 7) is 4.41. The number of rotatable bonds is 6. The summed E-state index contributed by atoms with van der Waals surface area (Å²) in [5, 5.41) is 7.63. The van der Waals surface area contributed by atoms with Crippen LogP contribution in [0.3, 0.4) is 0 Å². The van der Waals surface area contributed by atoms with E-state index in [2.05, 4.69) is 10.4 Å². The number of benzene rings is 1. The van der Waals surface area contributed by atoms with Gasteiger partial charge in [-0.05, 0) is 43.7 Å². The number of furan rings is 1. The summed E-state index contributed by atoms with van der Waals surface area (Å²) in [6.07, 6.45) is 0. The van der Waals surface area contributed by atoms with Gasteiger partial charge >= 0.3 is 0 Å². The molecule has 0 saturated carbocycles. The minimum absolute atomic E-state index is 0.192. The Kier molecular flexibility index (Phi) is 5.32. The van der Waals surface area contributed by atoms with Gasteiger partial charge in [-0.25, -0.2) is 0 Å². The quantitative estimate of drug-likeness (QED) is 0.713. The molecule has 0 saturated heterocycles. The minimum atomic E-state index is -0.298. The molecule has 6 nitrogen and oxygen atoms in total. The maximum atomic E-state index is 12.2. The first-order valence-electron chi connectivity index (χ1n) is 8.18. The maximum absolute atomic E-state index is 12.2. The first-order chi connectivity index (χ1) is 12.4. The Labute approximate surface area is 156 Å². The summed E-state index contributed by atoms with van der Waals surface area (Å²) >= 11 is 6.14. The van der Waals surface area contributed by atoms with Gasteiger partial charge in [-0.1, -0.05) is 23.7 Å². The van der Waals surface area contributed by atoms with Crippen molar-refractivity contribution in [2.24, 2.45) is 7.05 Å². The predicted octanol–water partition coefficient (Wildman–Crippen LogP) is 3.79. The van der Waals surface area contributed by atoms with E-state index < -0.39 is 0 Å². The topological polar surface area (TPSA) is 69.3 Å². The van der Waals surface area contributed by atoms with Crippen molar-refractivity contribution in [1.82, 2.24) is 15.1 Å². The second-order valence-corrected chi connectivity index (χ2v) is 6.43. The third-order valence-electron chi connectivity index (χ3n) is 4.00. The third kappa shape index (κ3) is 4.08. The first kappa shape index (κ1) is 18.1. The zero-order chi connectivity index (χ0) is 18.7. The summed E-state index contributed by atoms with van der Waals surface area (Å²) < 4.78 is 13.0.